The molecule has 2 aliphatic carbocycles. The topological polar surface area (TPSA) is 95.9 Å². The lowest BCUT2D eigenvalue weighted by atomic mass is 9.98. The Hall–Kier alpha value is -3.00. The van der Waals surface area contributed by atoms with Gasteiger partial charge in [-0.1, -0.05) is 48.5 Å². The first-order chi connectivity index (χ1) is 17.0. The minimum Gasteiger partial charge on any atom is -0.481 e. The lowest BCUT2D eigenvalue weighted by molar-refractivity contribution is -0.139. The van der Waals surface area contributed by atoms with E-state index < -0.39 is 18.1 Å². The number of ether oxygens (including phenoxy) is 1. The number of carboxylic acids is 1. The number of likely N-dealkylation sites (tertiary alicyclic amines) is 1. The third-order valence-electron chi connectivity index (χ3n) is 7.64. The quantitative estimate of drug-likeness (QED) is 0.579. The minimum atomic E-state index is -0.773. The summed E-state index contributed by atoms with van der Waals surface area (Å²) in [6.07, 6.45) is 2.56. The summed E-state index contributed by atoms with van der Waals surface area (Å²) in [4.78, 5) is 39.2. The summed E-state index contributed by atoms with van der Waals surface area (Å²) in [6, 6.07) is 15.6. The van der Waals surface area contributed by atoms with Gasteiger partial charge < -0.3 is 20.1 Å². The molecule has 0 bridgehead atoms. The van der Waals surface area contributed by atoms with E-state index in [0.29, 0.717) is 25.9 Å². The molecule has 4 atom stereocenters. The maximum atomic E-state index is 13.3. The number of nitrogens with one attached hydrogen (secondary N) is 1. The van der Waals surface area contributed by atoms with E-state index in [1.54, 1.807) is 16.7 Å². The molecule has 35 heavy (non-hydrogen) atoms. The zero-order valence-electron chi connectivity index (χ0n) is 19.7. The molecule has 0 spiro atoms. The summed E-state index contributed by atoms with van der Waals surface area (Å²) in [5.74, 6) is -0.385. The number of hydrogen-bond acceptors (Lipinski definition) is 5. The molecule has 1 unspecified atom stereocenters. The minimum absolute atomic E-state index is 0.0286. The molecule has 1 heterocycles. The van der Waals surface area contributed by atoms with Crippen molar-refractivity contribution in [3.63, 3.8) is 0 Å². The highest BCUT2D eigenvalue weighted by atomic mass is 32.2. The van der Waals surface area contributed by atoms with Gasteiger partial charge in [-0.2, -0.15) is 11.8 Å². The van der Waals surface area contributed by atoms with Crippen molar-refractivity contribution in [3.05, 3.63) is 59.7 Å². The average Bonchev–Trinajstić information content (AvgIpc) is 3.52. The first kappa shape index (κ1) is 23.7. The Bertz CT molecular complexity index is 1090. The van der Waals surface area contributed by atoms with Crippen LogP contribution < -0.4 is 5.32 Å². The molecule has 7 nitrogen and oxygen atoms in total. The third kappa shape index (κ3) is 4.63. The lowest BCUT2D eigenvalue weighted by Gasteiger charge is -2.30. The van der Waals surface area contributed by atoms with Crippen molar-refractivity contribution >= 4 is 29.7 Å². The van der Waals surface area contributed by atoms with Crippen molar-refractivity contribution in [2.75, 3.05) is 31.7 Å². The number of rotatable bonds is 8. The number of benzene rings is 2. The fourth-order valence-electron chi connectivity index (χ4n) is 5.80. The van der Waals surface area contributed by atoms with Crippen LogP contribution in [0.1, 0.15) is 29.9 Å². The predicted molar refractivity (Wildman–Crippen MR) is 134 cm³/mol. The number of carboxylic acid groups (broad SMARTS) is 1. The maximum Gasteiger partial charge on any atom is 0.407 e. The number of aliphatic carboxylic acids is 1. The van der Waals surface area contributed by atoms with Crippen LogP contribution in [0.4, 0.5) is 4.79 Å². The van der Waals surface area contributed by atoms with Crippen molar-refractivity contribution in [2.24, 2.45) is 17.8 Å². The highest BCUT2D eigenvalue weighted by Gasteiger charge is 2.57. The summed E-state index contributed by atoms with van der Waals surface area (Å²) >= 11 is 1.61. The molecule has 1 saturated heterocycles. The predicted octanol–water partition coefficient (Wildman–Crippen LogP) is 3.83. The zero-order valence-corrected chi connectivity index (χ0v) is 20.5. The highest BCUT2D eigenvalue weighted by Crippen LogP contribution is 2.51. The second kappa shape index (κ2) is 9.93. The number of fused-ring (bicyclic) bond motifs is 4. The number of nitrogens with zero attached hydrogens (tertiary/aromatic N) is 1. The average molecular weight is 495 g/mol. The van der Waals surface area contributed by atoms with Crippen LogP contribution in [0.3, 0.4) is 0 Å². The summed E-state index contributed by atoms with van der Waals surface area (Å²) < 4.78 is 5.66. The van der Waals surface area contributed by atoms with Crippen molar-refractivity contribution < 1.29 is 24.2 Å². The molecule has 8 heteroatoms. The van der Waals surface area contributed by atoms with E-state index in [1.165, 1.54) is 0 Å². The second-order valence-corrected chi connectivity index (χ2v) is 10.6. The van der Waals surface area contributed by atoms with E-state index in [1.807, 2.05) is 30.5 Å². The standard InChI is InChI=1S/C27H30N2O5S/c1-35-13-11-23(25(30)29-12-10-20-21(14-29)24(20)26(31)32)28-27(33)34-15-22-18-8-4-2-6-16(18)17-7-3-5-9-19(17)22/h2-9,20-24H,10-15H2,1H3,(H,28,33)(H,31,32)/t20-,21+,23+,24?/m0/s1. The highest BCUT2D eigenvalue weighted by molar-refractivity contribution is 7.98. The van der Waals surface area contributed by atoms with Gasteiger partial charge in [0.15, 0.2) is 0 Å². The normalized spacial score (nSPS) is 23.0. The van der Waals surface area contributed by atoms with Gasteiger partial charge in [0.25, 0.3) is 0 Å². The number of amides is 2. The summed E-state index contributed by atoms with van der Waals surface area (Å²) in [7, 11) is 0. The van der Waals surface area contributed by atoms with Crippen molar-refractivity contribution in [3.8, 4) is 11.1 Å². The molecule has 2 aromatic rings. The number of carbonyl (C=O) groups is 3. The number of thioether (sulfide) groups is 1. The van der Waals surface area contributed by atoms with E-state index in [4.69, 9.17) is 4.74 Å². The van der Waals surface area contributed by atoms with Crippen LogP contribution in [0.2, 0.25) is 0 Å². The van der Waals surface area contributed by atoms with Gasteiger partial charge >= 0.3 is 12.1 Å². The SMILES string of the molecule is CSCC[C@@H](NC(=O)OCC1c2ccccc2-c2ccccc21)C(=O)N1CC[C@@H]2C(C(=O)O)[C@@H]2C1. The third-order valence-corrected chi connectivity index (χ3v) is 8.28. The fourth-order valence-corrected chi connectivity index (χ4v) is 6.27. The molecular formula is C27H30N2O5S. The van der Waals surface area contributed by atoms with Gasteiger partial charge in [0.05, 0.1) is 5.92 Å². The molecule has 1 aliphatic heterocycles. The largest absolute Gasteiger partial charge is 0.481 e. The van der Waals surface area contributed by atoms with Crippen LogP contribution in [-0.2, 0) is 14.3 Å². The van der Waals surface area contributed by atoms with Crippen LogP contribution in [0.25, 0.3) is 11.1 Å². The number of piperidine rings is 1. The first-order valence-electron chi connectivity index (χ1n) is 12.1. The number of hydrogen-bond donors (Lipinski definition) is 2. The van der Waals surface area contributed by atoms with Gasteiger partial charge in [0.2, 0.25) is 5.91 Å². The second-order valence-electron chi connectivity index (χ2n) is 9.57. The number of carbonyl (C=O) groups excluding carboxylic acids is 2. The Labute approximate surface area is 209 Å². The summed E-state index contributed by atoms with van der Waals surface area (Å²) in [5, 5.41) is 12.1. The Morgan fingerprint density at radius 2 is 1.74 bits per heavy atom. The smallest absolute Gasteiger partial charge is 0.407 e. The van der Waals surface area contributed by atoms with E-state index >= 15 is 0 Å². The molecular weight excluding hydrogens is 464 g/mol. The first-order valence-corrected chi connectivity index (χ1v) is 13.5. The van der Waals surface area contributed by atoms with Gasteiger partial charge in [-0.3, -0.25) is 9.59 Å². The van der Waals surface area contributed by atoms with Crippen LogP contribution in [0.5, 0.6) is 0 Å². The van der Waals surface area contributed by atoms with Crippen molar-refractivity contribution in [2.45, 2.75) is 24.8 Å². The van der Waals surface area contributed by atoms with Crippen LogP contribution in [0, 0.1) is 17.8 Å². The zero-order chi connectivity index (χ0) is 24.5. The molecule has 3 aliphatic rings. The van der Waals surface area contributed by atoms with Gasteiger partial charge in [-0.05, 0) is 58.9 Å². The van der Waals surface area contributed by atoms with E-state index in [0.717, 1.165) is 28.0 Å². The Balaban J connectivity index is 1.22. The summed E-state index contributed by atoms with van der Waals surface area (Å²) in [6.45, 7) is 1.17. The Morgan fingerprint density at radius 3 is 2.37 bits per heavy atom. The van der Waals surface area contributed by atoms with Gasteiger partial charge in [0.1, 0.15) is 12.6 Å². The Morgan fingerprint density at radius 1 is 1.09 bits per heavy atom. The van der Waals surface area contributed by atoms with Crippen LogP contribution in [-0.4, -0.2) is 65.7 Å². The molecule has 184 valence electrons. The fraction of sp³-hybridized carbons (Fsp3) is 0.444. The van der Waals surface area contributed by atoms with Gasteiger partial charge in [0, 0.05) is 19.0 Å². The molecule has 2 fully saturated rings. The molecule has 2 aromatic carbocycles. The van der Waals surface area contributed by atoms with E-state index in [-0.39, 0.29) is 36.2 Å². The van der Waals surface area contributed by atoms with Crippen LogP contribution in [0.15, 0.2) is 48.5 Å². The lowest BCUT2D eigenvalue weighted by Crippen LogP contribution is -2.50. The van der Waals surface area contributed by atoms with Crippen molar-refractivity contribution in [1.29, 1.82) is 0 Å². The molecule has 0 aromatic heterocycles. The molecule has 0 radical (unpaired) electrons. The van der Waals surface area contributed by atoms with Crippen LogP contribution >= 0.6 is 11.8 Å². The molecule has 2 N–H and O–H groups in total. The van der Waals surface area contributed by atoms with Crippen molar-refractivity contribution in [1.82, 2.24) is 10.2 Å². The van der Waals surface area contributed by atoms with Gasteiger partial charge in [-0.15, -0.1) is 0 Å². The maximum absolute atomic E-state index is 13.3. The van der Waals surface area contributed by atoms with E-state index in [9.17, 15) is 19.5 Å². The number of alkyl carbamates (subject to hydrolysis) is 1. The van der Waals surface area contributed by atoms with Gasteiger partial charge in [-0.25, -0.2) is 4.79 Å². The summed E-state index contributed by atoms with van der Waals surface area (Å²) in [5.41, 5.74) is 4.59. The molecule has 1 saturated carbocycles. The van der Waals surface area contributed by atoms with E-state index in [2.05, 4.69) is 29.6 Å². The molecule has 2 amide bonds. The monoisotopic (exact) mass is 494 g/mol. The molecule has 5 rings (SSSR count). The Kier molecular flexibility index (Phi) is 6.73.